The van der Waals surface area contributed by atoms with E-state index in [2.05, 4.69) is 0 Å². The van der Waals surface area contributed by atoms with Gasteiger partial charge in [0, 0.05) is 0 Å². The number of nitrogens with one attached hydrogen (secondary N) is 1. The second-order valence-electron chi connectivity index (χ2n) is 3.33. The summed E-state index contributed by atoms with van der Waals surface area (Å²) in [6.45, 7) is 2.54. The molecule has 15 heavy (non-hydrogen) atoms. The van der Waals surface area contributed by atoms with E-state index < -0.39 is 36.2 Å². The monoisotopic (exact) mass is 220 g/mol. The predicted molar refractivity (Wildman–Crippen MR) is 50.9 cm³/mol. The Kier molecular flexibility index (Phi) is 5.20. The van der Waals surface area contributed by atoms with Gasteiger partial charge in [0.05, 0.1) is 12.2 Å². The highest BCUT2D eigenvalue weighted by Crippen LogP contribution is 1.96. The Morgan fingerprint density at radius 2 is 1.67 bits per heavy atom. The van der Waals surface area contributed by atoms with Crippen molar-refractivity contribution in [1.82, 2.24) is 5.32 Å². The van der Waals surface area contributed by atoms with Crippen molar-refractivity contribution < 1.29 is 24.9 Å². The minimum Gasteiger partial charge on any atom is -0.480 e. The van der Waals surface area contributed by atoms with Crippen LogP contribution in [0.2, 0.25) is 0 Å². The first-order valence-electron chi connectivity index (χ1n) is 4.42. The fourth-order valence-corrected chi connectivity index (χ4v) is 0.857. The summed E-state index contributed by atoms with van der Waals surface area (Å²) < 4.78 is 0. The minimum absolute atomic E-state index is 0.821. The van der Waals surface area contributed by atoms with Gasteiger partial charge in [-0.1, -0.05) is 0 Å². The van der Waals surface area contributed by atoms with E-state index in [1.165, 1.54) is 13.8 Å². The highest BCUT2D eigenvalue weighted by atomic mass is 16.4. The first kappa shape index (κ1) is 13.8. The molecule has 88 valence electrons. The highest BCUT2D eigenvalue weighted by molar-refractivity contribution is 5.87. The number of hydrogen-bond acceptors (Lipinski definition) is 5. The molecule has 0 aliphatic carbocycles. The van der Waals surface area contributed by atoms with Crippen LogP contribution in [0.15, 0.2) is 0 Å². The number of carboxylic acid groups (broad SMARTS) is 1. The number of rotatable bonds is 5. The lowest BCUT2D eigenvalue weighted by atomic mass is 10.1. The van der Waals surface area contributed by atoms with Crippen LogP contribution >= 0.6 is 0 Å². The van der Waals surface area contributed by atoms with Gasteiger partial charge < -0.3 is 26.4 Å². The number of carbonyl (C=O) groups excluding carboxylic acids is 1. The van der Waals surface area contributed by atoms with Crippen LogP contribution in [0.4, 0.5) is 0 Å². The quantitative estimate of drug-likeness (QED) is 0.352. The number of carbonyl (C=O) groups is 2. The molecule has 0 aromatic rings. The molecule has 0 radical (unpaired) electrons. The van der Waals surface area contributed by atoms with E-state index in [1.54, 1.807) is 0 Å². The highest BCUT2D eigenvalue weighted by Gasteiger charge is 2.28. The molecule has 0 spiro atoms. The SMILES string of the molecule is CC(O)[C@@H](N)C(=O)N[C@@H](C(=O)O)C(C)O. The maximum Gasteiger partial charge on any atom is 0.328 e. The van der Waals surface area contributed by atoms with Gasteiger partial charge in [-0.3, -0.25) is 4.79 Å². The summed E-state index contributed by atoms with van der Waals surface area (Å²) in [5, 5.41) is 28.7. The van der Waals surface area contributed by atoms with Crippen molar-refractivity contribution >= 4 is 11.9 Å². The van der Waals surface area contributed by atoms with Crippen LogP contribution in [0, 0.1) is 0 Å². The molecular weight excluding hydrogens is 204 g/mol. The van der Waals surface area contributed by atoms with E-state index in [0.717, 1.165) is 0 Å². The fourth-order valence-electron chi connectivity index (χ4n) is 0.857. The molecule has 0 fully saturated rings. The summed E-state index contributed by atoms with van der Waals surface area (Å²) in [5.74, 6) is -2.19. The van der Waals surface area contributed by atoms with Crippen LogP contribution in [-0.4, -0.2) is 51.5 Å². The zero-order chi connectivity index (χ0) is 12.2. The number of nitrogens with two attached hydrogens (primary N) is 1. The average Bonchev–Trinajstić information content (AvgIpc) is 2.11. The summed E-state index contributed by atoms with van der Waals surface area (Å²) in [7, 11) is 0. The van der Waals surface area contributed by atoms with Gasteiger partial charge in [-0.15, -0.1) is 0 Å². The zero-order valence-corrected chi connectivity index (χ0v) is 8.54. The molecule has 6 N–H and O–H groups in total. The van der Waals surface area contributed by atoms with Crippen molar-refractivity contribution in [2.75, 3.05) is 0 Å². The summed E-state index contributed by atoms with van der Waals surface area (Å²) in [6.07, 6.45) is -2.33. The third-order valence-corrected chi connectivity index (χ3v) is 1.87. The van der Waals surface area contributed by atoms with Gasteiger partial charge in [0.1, 0.15) is 6.04 Å². The second-order valence-corrected chi connectivity index (χ2v) is 3.33. The maximum atomic E-state index is 11.2. The number of aliphatic hydroxyl groups is 2. The van der Waals surface area contributed by atoms with Crippen LogP contribution in [-0.2, 0) is 9.59 Å². The molecule has 2 unspecified atom stereocenters. The van der Waals surface area contributed by atoms with Gasteiger partial charge in [-0.05, 0) is 13.8 Å². The van der Waals surface area contributed by atoms with Gasteiger partial charge in [0.2, 0.25) is 5.91 Å². The van der Waals surface area contributed by atoms with E-state index in [9.17, 15) is 9.59 Å². The molecule has 0 heterocycles. The van der Waals surface area contributed by atoms with E-state index in [0.29, 0.717) is 0 Å². The Bertz CT molecular complexity index is 241. The van der Waals surface area contributed by atoms with Gasteiger partial charge >= 0.3 is 5.97 Å². The molecule has 0 saturated heterocycles. The van der Waals surface area contributed by atoms with Crippen molar-refractivity contribution in [2.24, 2.45) is 5.73 Å². The van der Waals surface area contributed by atoms with Crippen LogP contribution in [0.3, 0.4) is 0 Å². The minimum atomic E-state index is -1.43. The average molecular weight is 220 g/mol. The van der Waals surface area contributed by atoms with Gasteiger partial charge in [-0.25, -0.2) is 4.79 Å². The van der Waals surface area contributed by atoms with E-state index in [1.807, 2.05) is 5.32 Å². The molecule has 0 rings (SSSR count). The Hall–Kier alpha value is -1.18. The third kappa shape index (κ3) is 4.24. The smallest absolute Gasteiger partial charge is 0.328 e. The summed E-state index contributed by atoms with van der Waals surface area (Å²) in [5.41, 5.74) is 5.27. The largest absolute Gasteiger partial charge is 0.480 e. The molecule has 0 aliphatic rings. The molecule has 0 aromatic heterocycles. The number of carboxylic acids is 1. The number of aliphatic hydroxyl groups excluding tert-OH is 2. The summed E-state index contributed by atoms with van der Waals surface area (Å²) in [6, 6.07) is -2.65. The molecule has 1 amide bonds. The zero-order valence-electron chi connectivity index (χ0n) is 8.54. The van der Waals surface area contributed by atoms with Gasteiger partial charge in [0.15, 0.2) is 6.04 Å². The topological polar surface area (TPSA) is 133 Å². The lowest BCUT2D eigenvalue weighted by Crippen LogP contribution is -2.55. The number of aliphatic carboxylic acids is 1. The second kappa shape index (κ2) is 5.64. The van der Waals surface area contributed by atoms with Crippen LogP contribution in [0.1, 0.15) is 13.8 Å². The van der Waals surface area contributed by atoms with Gasteiger partial charge in [-0.2, -0.15) is 0 Å². The number of amides is 1. The standard InChI is InChI=1S/C8H16N2O5/c1-3(11)5(9)7(13)10-6(4(2)12)8(14)15/h3-6,11-12H,9H2,1-2H3,(H,10,13)(H,14,15)/t3?,4?,5-,6-/m1/s1. The van der Waals surface area contributed by atoms with Crippen molar-refractivity contribution in [1.29, 1.82) is 0 Å². The number of hydrogen-bond donors (Lipinski definition) is 5. The van der Waals surface area contributed by atoms with Crippen LogP contribution in [0.5, 0.6) is 0 Å². The first-order chi connectivity index (χ1) is 6.77. The Morgan fingerprint density at radius 1 is 1.20 bits per heavy atom. The van der Waals surface area contributed by atoms with Crippen molar-refractivity contribution in [2.45, 2.75) is 38.1 Å². The molecule has 0 aliphatic heterocycles. The normalized spacial score (nSPS) is 18.7. The van der Waals surface area contributed by atoms with E-state index >= 15 is 0 Å². The van der Waals surface area contributed by atoms with E-state index in [4.69, 9.17) is 21.1 Å². The molecule has 4 atom stereocenters. The Labute approximate surface area is 86.9 Å². The van der Waals surface area contributed by atoms with Gasteiger partial charge in [0.25, 0.3) is 0 Å². The van der Waals surface area contributed by atoms with E-state index in [-0.39, 0.29) is 0 Å². The lowest BCUT2D eigenvalue weighted by Gasteiger charge is -2.20. The summed E-state index contributed by atoms with van der Waals surface area (Å²) in [4.78, 5) is 21.8. The maximum absolute atomic E-state index is 11.2. The van der Waals surface area contributed by atoms with Crippen LogP contribution in [0.25, 0.3) is 0 Å². The lowest BCUT2D eigenvalue weighted by molar-refractivity contribution is -0.145. The third-order valence-electron chi connectivity index (χ3n) is 1.87. The molecular formula is C8H16N2O5. The van der Waals surface area contributed by atoms with Crippen molar-refractivity contribution in [3.63, 3.8) is 0 Å². The summed E-state index contributed by atoms with van der Waals surface area (Å²) >= 11 is 0. The predicted octanol–water partition coefficient (Wildman–Crippen LogP) is -2.36. The molecule has 7 nitrogen and oxygen atoms in total. The Morgan fingerprint density at radius 3 is 1.93 bits per heavy atom. The Balaban J connectivity index is 4.43. The van der Waals surface area contributed by atoms with Crippen LogP contribution < -0.4 is 11.1 Å². The van der Waals surface area contributed by atoms with Crippen molar-refractivity contribution in [3.8, 4) is 0 Å². The van der Waals surface area contributed by atoms with Crippen molar-refractivity contribution in [3.05, 3.63) is 0 Å². The molecule has 0 bridgehead atoms. The molecule has 0 aromatic carbocycles. The molecule has 0 saturated carbocycles. The molecule has 7 heteroatoms. The fraction of sp³-hybridized carbons (Fsp3) is 0.750. The first-order valence-corrected chi connectivity index (χ1v) is 4.42.